The van der Waals surface area contributed by atoms with Gasteiger partial charge in [0.05, 0.1) is 36.0 Å². The van der Waals surface area contributed by atoms with E-state index in [1.165, 1.54) is 0 Å². The monoisotopic (exact) mass is 509 g/mol. The second kappa shape index (κ2) is 8.44. The van der Waals surface area contributed by atoms with Crippen LogP contribution in [0.15, 0.2) is 54.7 Å². The largest absolute Gasteiger partial charge is 0.493 e. The zero-order valence-electron chi connectivity index (χ0n) is 20.5. The molecule has 0 bridgehead atoms. The van der Waals surface area contributed by atoms with Crippen LogP contribution in [0.25, 0.3) is 16.7 Å². The number of rotatable bonds is 6. The molecule has 192 valence electrons. The van der Waals surface area contributed by atoms with E-state index in [4.69, 9.17) is 9.47 Å². The maximum absolute atomic E-state index is 14.4. The summed E-state index contributed by atoms with van der Waals surface area (Å²) in [6, 6.07) is 15.0. The Morgan fingerprint density at radius 2 is 1.86 bits per heavy atom. The van der Waals surface area contributed by atoms with E-state index in [0.717, 1.165) is 17.7 Å². The van der Waals surface area contributed by atoms with Crippen LogP contribution >= 0.6 is 0 Å². The number of aromatic nitrogens is 4. The molecule has 4 aromatic rings. The predicted octanol–water partition coefficient (Wildman–Crippen LogP) is 5.36. The van der Waals surface area contributed by atoms with Crippen LogP contribution in [0, 0.1) is 0 Å². The van der Waals surface area contributed by atoms with Crippen molar-refractivity contribution in [1.29, 1.82) is 0 Å². The minimum absolute atomic E-state index is 0.242. The quantitative estimate of drug-likeness (QED) is 0.377. The number of alkyl halides is 3. The summed E-state index contributed by atoms with van der Waals surface area (Å²) < 4.78 is 56.5. The molecule has 2 atom stereocenters. The third-order valence-corrected chi connectivity index (χ3v) is 7.18. The molecule has 2 aromatic carbocycles. The van der Waals surface area contributed by atoms with Crippen molar-refractivity contribution in [3.8, 4) is 11.4 Å². The van der Waals surface area contributed by atoms with Crippen LogP contribution in [-0.2, 0) is 23.2 Å². The Kier molecular flexibility index (Phi) is 5.41. The summed E-state index contributed by atoms with van der Waals surface area (Å²) in [7, 11) is 0. The fourth-order valence-electron chi connectivity index (χ4n) is 5.34. The summed E-state index contributed by atoms with van der Waals surface area (Å²) in [5.41, 5.74) is -0.507. The maximum atomic E-state index is 14.4. The maximum Gasteiger partial charge on any atom is 0.419 e. The summed E-state index contributed by atoms with van der Waals surface area (Å²) in [4.78, 5) is 9.09. The van der Waals surface area contributed by atoms with E-state index in [1.54, 1.807) is 23.9 Å². The number of halogens is 3. The van der Waals surface area contributed by atoms with Crippen molar-refractivity contribution in [1.82, 2.24) is 19.7 Å². The van der Waals surface area contributed by atoms with Gasteiger partial charge in [-0.15, -0.1) is 0 Å². The summed E-state index contributed by atoms with van der Waals surface area (Å²) >= 11 is 0. The van der Waals surface area contributed by atoms with Gasteiger partial charge in [0.2, 0.25) is 0 Å². The van der Waals surface area contributed by atoms with E-state index in [0.29, 0.717) is 47.0 Å². The molecule has 2 aliphatic rings. The van der Waals surface area contributed by atoms with Crippen molar-refractivity contribution in [2.45, 2.75) is 50.5 Å². The van der Waals surface area contributed by atoms with Gasteiger partial charge in [0.25, 0.3) is 0 Å². The third-order valence-electron chi connectivity index (χ3n) is 7.18. The van der Waals surface area contributed by atoms with E-state index >= 15 is 0 Å². The van der Waals surface area contributed by atoms with Crippen LogP contribution < -0.4 is 10.1 Å². The van der Waals surface area contributed by atoms with Crippen molar-refractivity contribution in [3.63, 3.8) is 0 Å². The minimum Gasteiger partial charge on any atom is -0.493 e. The molecular weight excluding hydrogens is 483 g/mol. The van der Waals surface area contributed by atoms with E-state index in [-0.39, 0.29) is 6.42 Å². The third kappa shape index (κ3) is 3.81. The van der Waals surface area contributed by atoms with Gasteiger partial charge >= 0.3 is 6.18 Å². The van der Waals surface area contributed by atoms with Crippen LogP contribution in [0.5, 0.6) is 5.75 Å². The highest BCUT2D eigenvalue weighted by Crippen LogP contribution is 2.57. The average Bonchev–Trinajstić information content (AvgIpc) is 3.52. The summed E-state index contributed by atoms with van der Waals surface area (Å²) in [5.74, 6) is 1.45. The van der Waals surface area contributed by atoms with Crippen LogP contribution in [0.4, 0.5) is 19.0 Å². The zero-order valence-corrected chi connectivity index (χ0v) is 20.5. The van der Waals surface area contributed by atoms with Gasteiger partial charge in [0.15, 0.2) is 11.2 Å². The number of hydrogen-bond donors (Lipinski definition) is 1. The number of anilines is 1. The van der Waals surface area contributed by atoms with E-state index in [9.17, 15) is 13.2 Å². The van der Waals surface area contributed by atoms with Crippen molar-refractivity contribution in [2.24, 2.45) is 0 Å². The van der Waals surface area contributed by atoms with E-state index in [1.807, 2.05) is 49.4 Å². The first-order valence-electron chi connectivity index (χ1n) is 12.3. The molecule has 4 heterocycles. The first-order chi connectivity index (χ1) is 17.7. The Balaban J connectivity index is 1.31. The molecule has 0 radical (unpaired) electrons. The number of para-hydroxylation sites is 2. The second-order valence-electron chi connectivity index (χ2n) is 9.72. The van der Waals surface area contributed by atoms with Gasteiger partial charge < -0.3 is 14.8 Å². The summed E-state index contributed by atoms with van der Waals surface area (Å²) in [6.07, 6.45) is -2.00. The van der Waals surface area contributed by atoms with Crippen LogP contribution in [-0.4, -0.2) is 44.7 Å². The Bertz CT molecular complexity index is 1460. The molecular formula is C27H26F3N5O2. The van der Waals surface area contributed by atoms with Crippen molar-refractivity contribution < 1.29 is 22.6 Å². The summed E-state index contributed by atoms with van der Waals surface area (Å²) in [6.45, 7) is 3.62. The molecule has 6 rings (SSSR count). The molecule has 0 amide bonds. The normalized spacial score (nSPS) is 22.9. The van der Waals surface area contributed by atoms with Crippen molar-refractivity contribution in [3.05, 3.63) is 71.7 Å². The second-order valence-corrected chi connectivity index (χ2v) is 9.72. The fraction of sp³-hybridized carbons (Fsp3) is 0.370. The van der Waals surface area contributed by atoms with Gasteiger partial charge in [-0.3, -0.25) is 0 Å². The van der Waals surface area contributed by atoms with Crippen LogP contribution in [0.2, 0.25) is 0 Å². The molecule has 1 fully saturated rings. The molecule has 2 aromatic heterocycles. The lowest BCUT2D eigenvalue weighted by atomic mass is 9.74. The van der Waals surface area contributed by atoms with Crippen molar-refractivity contribution >= 4 is 16.9 Å². The molecule has 37 heavy (non-hydrogen) atoms. The number of ether oxygens (including phenoxy) is 2. The Hall–Kier alpha value is -3.66. The topological polar surface area (TPSA) is 74.1 Å². The molecule has 0 spiro atoms. The minimum atomic E-state index is -4.59. The highest BCUT2D eigenvalue weighted by molar-refractivity contribution is 5.87. The SMILES string of the molecule is CCc1nc(NCC2(C(F)(F)F)CC(C)(c3cccc4c3OCC4)O2)c2cnn(-c3ccccc3)c2n1. The van der Waals surface area contributed by atoms with Gasteiger partial charge in [-0.25, -0.2) is 14.6 Å². The molecule has 0 saturated carbocycles. The predicted molar refractivity (Wildman–Crippen MR) is 132 cm³/mol. The molecule has 2 unspecified atom stereocenters. The smallest absolute Gasteiger partial charge is 0.419 e. The van der Waals surface area contributed by atoms with Gasteiger partial charge in [-0.1, -0.05) is 43.3 Å². The Labute approximate surface area is 211 Å². The van der Waals surface area contributed by atoms with E-state index < -0.39 is 23.9 Å². The van der Waals surface area contributed by atoms with E-state index in [2.05, 4.69) is 20.4 Å². The number of nitrogens with one attached hydrogen (secondary N) is 1. The number of benzene rings is 2. The first kappa shape index (κ1) is 23.7. The molecule has 1 N–H and O–H groups in total. The van der Waals surface area contributed by atoms with Crippen LogP contribution in [0.3, 0.4) is 0 Å². The molecule has 7 nitrogen and oxygen atoms in total. The number of fused-ring (bicyclic) bond motifs is 2. The van der Waals surface area contributed by atoms with Gasteiger partial charge in [-0.2, -0.15) is 18.3 Å². The number of nitrogens with zero attached hydrogens (tertiary/aromatic N) is 4. The Morgan fingerprint density at radius 3 is 2.59 bits per heavy atom. The number of hydrogen-bond acceptors (Lipinski definition) is 6. The lowest BCUT2D eigenvalue weighted by molar-refractivity contribution is -0.380. The van der Waals surface area contributed by atoms with Gasteiger partial charge in [0.1, 0.15) is 17.4 Å². The summed E-state index contributed by atoms with van der Waals surface area (Å²) in [5, 5.41) is 7.91. The molecule has 0 aliphatic carbocycles. The van der Waals surface area contributed by atoms with Gasteiger partial charge in [-0.05, 0) is 24.6 Å². The lowest BCUT2D eigenvalue weighted by Crippen LogP contribution is -2.67. The standard InChI is InChI=1S/C27H26F3N5O2/c1-3-21-33-23(19-14-32-35(24(19)34-21)18-9-5-4-6-10-18)31-16-26(27(28,29)30)15-25(2,37-26)20-11-7-8-17-12-13-36-22(17)20/h4-11,14H,3,12-13,15-16H2,1-2H3,(H,31,33,34). The highest BCUT2D eigenvalue weighted by atomic mass is 19.4. The molecule has 1 saturated heterocycles. The molecule has 10 heteroatoms. The first-order valence-corrected chi connectivity index (χ1v) is 12.3. The van der Waals surface area contributed by atoms with Gasteiger partial charge in [0, 0.05) is 24.8 Å². The lowest BCUT2D eigenvalue weighted by Gasteiger charge is -2.55. The Morgan fingerprint density at radius 1 is 1.08 bits per heavy atom. The zero-order chi connectivity index (χ0) is 25.8. The highest BCUT2D eigenvalue weighted by Gasteiger charge is 2.68. The number of aryl methyl sites for hydroxylation is 1. The fourth-order valence-corrected chi connectivity index (χ4v) is 5.34. The van der Waals surface area contributed by atoms with Crippen LogP contribution in [0.1, 0.15) is 37.2 Å². The average molecular weight is 510 g/mol. The van der Waals surface area contributed by atoms with Crippen molar-refractivity contribution in [2.75, 3.05) is 18.5 Å². The molecule has 2 aliphatic heterocycles.